The third kappa shape index (κ3) is 3.42. The van der Waals surface area contributed by atoms with Crippen molar-refractivity contribution >= 4 is 55.6 Å². The van der Waals surface area contributed by atoms with Crippen molar-refractivity contribution in [3.63, 3.8) is 0 Å². The highest BCUT2D eigenvalue weighted by molar-refractivity contribution is 6.09. The van der Waals surface area contributed by atoms with E-state index in [1.54, 1.807) is 0 Å². The van der Waals surface area contributed by atoms with Gasteiger partial charge >= 0.3 is 0 Å². The molecule has 2 aliphatic rings. The standard InChI is InChI=1S/C37H26N2/c1-3-12-28(13-4-1)38(30-23-24-32-27(25-30)22-21-26-11-7-8-16-31(26)32)36-20-10-18-34-33-17-9-19-35(33)39(37(34)36)29-14-5-2-6-15-29/h1-25,35H. The largest absolute Gasteiger partial charge is 0.328 e. The maximum Gasteiger partial charge on any atom is 0.0786 e. The predicted octanol–water partition coefficient (Wildman–Crippen LogP) is 9.94. The molecule has 1 aliphatic heterocycles. The van der Waals surface area contributed by atoms with Crippen LogP contribution in [0.3, 0.4) is 0 Å². The van der Waals surface area contributed by atoms with Crippen LogP contribution in [0.1, 0.15) is 5.56 Å². The molecule has 0 saturated heterocycles. The topological polar surface area (TPSA) is 6.48 Å². The number of rotatable bonds is 4. The van der Waals surface area contributed by atoms with E-state index in [0.717, 1.165) is 11.4 Å². The lowest BCUT2D eigenvalue weighted by Gasteiger charge is -2.32. The van der Waals surface area contributed by atoms with Crippen molar-refractivity contribution in [3.05, 3.63) is 157 Å². The lowest BCUT2D eigenvalue weighted by Crippen LogP contribution is -2.25. The zero-order chi connectivity index (χ0) is 25.8. The Morgan fingerprint density at radius 1 is 0.564 bits per heavy atom. The van der Waals surface area contributed by atoms with Crippen molar-refractivity contribution in [1.82, 2.24) is 0 Å². The summed E-state index contributed by atoms with van der Waals surface area (Å²) in [5.41, 5.74) is 8.54. The van der Waals surface area contributed by atoms with Crippen molar-refractivity contribution < 1.29 is 0 Å². The van der Waals surface area contributed by atoms with Crippen molar-refractivity contribution in [2.75, 3.05) is 9.80 Å². The van der Waals surface area contributed by atoms with Crippen molar-refractivity contribution in [2.24, 2.45) is 0 Å². The minimum atomic E-state index is 0.198. The third-order valence-corrected chi connectivity index (χ3v) is 8.01. The summed E-state index contributed by atoms with van der Waals surface area (Å²) in [6.45, 7) is 0. The molecule has 0 amide bonds. The first-order valence-electron chi connectivity index (χ1n) is 13.5. The minimum absolute atomic E-state index is 0.198. The Bertz CT molecular complexity index is 1920. The summed E-state index contributed by atoms with van der Waals surface area (Å²) in [6.07, 6.45) is 6.76. The van der Waals surface area contributed by atoms with Crippen molar-refractivity contribution in [2.45, 2.75) is 6.04 Å². The molecular weight excluding hydrogens is 472 g/mol. The SMILES string of the molecule is C1=CC2C(=C1)c1cccc(N(c3ccccc3)c3ccc4c(ccc5ccccc54)c3)c1N2c1ccccc1. The third-order valence-electron chi connectivity index (χ3n) is 8.01. The maximum atomic E-state index is 2.49. The van der Waals surface area contributed by atoms with Crippen LogP contribution in [0.4, 0.5) is 28.4 Å². The van der Waals surface area contributed by atoms with Crippen LogP contribution >= 0.6 is 0 Å². The van der Waals surface area contributed by atoms with Gasteiger partial charge in [-0.15, -0.1) is 0 Å². The van der Waals surface area contributed by atoms with Gasteiger partial charge in [-0.05, 0) is 69.6 Å². The van der Waals surface area contributed by atoms with Gasteiger partial charge in [0.25, 0.3) is 0 Å². The van der Waals surface area contributed by atoms with Gasteiger partial charge in [0.15, 0.2) is 0 Å². The number of hydrogen-bond donors (Lipinski definition) is 0. The molecule has 0 aromatic heterocycles. The van der Waals surface area contributed by atoms with E-state index < -0.39 is 0 Å². The van der Waals surface area contributed by atoms with Gasteiger partial charge in [0.1, 0.15) is 0 Å². The fourth-order valence-corrected chi connectivity index (χ4v) is 6.30. The molecule has 0 saturated carbocycles. The molecule has 1 atom stereocenters. The first-order chi connectivity index (χ1) is 19.4. The fourth-order valence-electron chi connectivity index (χ4n) is 6.30. The Balaban J connectivity index is 1.38. The molecule has 0 spiro atoms. The molecule has 2 heteroatoms. The molecule has 0 radical (unpaired) electrons. The lowest BCUT2D eigenvalue weighted by molar-refractivity contribution is 1.01. The monoisotopic (exact) mass is 498 g/mol. The van der Waals surface area contributed by atoms with Crippen LogP contribution in [-0.2, 0) is 0 Å². The zero-order valence-electron chi connectivity index (χ0n) is 21.4. The number of allylic oxidation sites excluding steroid dienone is 2. The first-order valence-corrected chi connectivity index (χ1v) is 13.5. The van der Waals surface area contributed by atoms with E-state index in [-0.39, 0.29) is 6.04 Å². The van der Waals surface area contributed by atoms with E-state index in [1.165, 1.54) is 49.7 Å². The molecule has 8 rings (SSSR count). The number of nitrogens with zero attached hydrogens (tertiary/aromatic N) is 2. The van der Waals surface area contributed by atoms with Gasteiger partial charge in [-0.25, -0.2) is 0 Å². The Kier molecular flexibility index (Phi) is 4.92. The summed E-state index contributed by atoms with van der Waals surface area (Å²) < 4.78 is 0. The molecule has 6 aromatic carbocycles. The molecule has 0 N–H and O–H groups in total. The van der Waals surface area contributed by atoms with Gasteiger partial charge in [-0.2, -0.15) is 0 Å². The van der Waals surface area contributed by atoms with Gasteiger partial charge < -0.3 is 9.80 Å². The average molecular weight is 499 g/mol. The second kappa shape index (κ2) is 8.75. The Labute approximate surface area is 228 Å². The highest BCUT2D eigenvalue weighted by Crippen LogP contribution is 2.53. The molecule has 2 nitrogen and oxygen atoms in total. The number of anilines is 5. The quantitative estimate of drug-likeness (QED) is 0.223. The smallest absolute Gasteiger partial charge is 0.0786 e. The molecule has 0 bridgehead atoms. The molecule has 184 valence electrons. The Morgan fingerprint density at radius 2 is 1.31 bits per heavy atom. The van der Waals surface area contributed by atoms with Crippen LogP contribution in [0.25, 0.3) is 27.1 Å². The van der Waals surface area contributed by atoms with Gasteiger partial charge in [-0.1, -0.05) is 109 Å². The predicted molar refractivity (Wildman–Crippen MR) is 166 cm³/mol. The van der Waals surface area contributed by atoms with E-state index in [4.69, 9.17) is 0 Å². The Hall–Kier alpha value is -5.08. The van der Waals surface area contributed by atoms with E-state index in [9.17, 15) is 0 Å². The number of hydrogen-bond acceptors (Lipinski definition) is 2. The van der Waals surface area contributed by atoms with E-state index in [2.05, 4.69) is 161 Å². The van der Waals surface area contributed by atoms with Crippen molar-refractivity contribution in [1.29, 1.82) is 0 Å². The summed E-state index contributed by atoms with van der Waals surface area (Å²) in [6, 6.07) is 48.4. The van der Waals surface area contributed by atoms with Gasteiger partial charge in [-0.3, -0.25) is 0 Å². The van der Waals surface area contributed by atoms with Crippen molar-refractivity contribution in [3.8, 4) is 0 Å². The first kappa shape index (κ1) is 22.0. The Morgan fingerprint density at radius 3 is 2.18 bits per heavy atom. The molecular formula is C37H26N2. The summed E-state index contributed by atoms with van der Waals surface area (Å²) in [5, 5.41) is 5.07. The van der Waals surface area contributed by atoms with E-state index in [0.29, 0.717) is 0 Å². The van der Waals surface area contributed by atoms with Crippen LogP contribution in [0.15, 0.2) is 152 Å². The average Bonchev–Trinajstić information content (AvgIpc) is 3.60. The molecule has 0 fully saturated rings. The van der Waals surface area contributed by atoms with Gasteiger partial charge in [0.05, 0.1) is 17.4 Å². The highest BCUT2D eigenvalue weighted by atomic mass is 15.2. The van der Waals surface area contributed by atoms with Crippen LogP contribution in [0, 0.1) is 0 Å². The summed E-state index contributed by atoms with van der Waals surface area (Å²) in [7, 11) is 0. The van der Waals surface area contributed by atoms with Crippen LogP contribution in [-0.4, -0.2) is 6.04 Å². The molecule has 39 heavy (non-hydrogen) atoms. The van der Waals surface area contributed by atoms with E-state index in [1.807, 2.05) is 0 Å². The number of fused-ring (bicyclic) bond motifs is 6. The van der Waals surface area contributed by atoms with Crippen LogP contribution in [0.5, 0.6) is 0 Å². The zero-order valence-corrected chi connectivity index (χ0v) is 21.4. The van der Waals surface area contributed by atoms with Gasteiger partial charge in [0.2, 0.25) is 0 Å². The molecule has 1 unspecified atom stereocenters. The number of benzene rings is 6. The molecule has 1 heterocycles. The number of para-hydroxylation sites is 3. The molecule has 1 aliphatic carbocycles. The lowest BCUT2D eigenvalue weighted by atomic mass is 10.0. The van der Waals surface area contributed by atoms with Gasteiger partial charge in [0, 0.05) is 22.6 Å². The highest BCUT2D eigenvalue weighted by Gasteiger charge is 2.37. The summed E-state index contributed by atoms with van der Waals surface area (Å²) >= 11 is 0. The summed E-state index contributed by atoms with van der Waals surface area (Å²) in [4.78, 5) is 4.90. The normalized spacial score (nSPS) is 15.4. The van der Waals surface area contributed by atoms with Crippen LogP contribution in [0.2, 0.25) is 0 Å². The molecule has 6 aromatic rings. The van der Waals surface area contributed by atoms with Crippen LogP contribution < -0.4 is 9.80 Å². The summed E-state index contributed by atoms with van der Waals surface area (Å²) in [5.74, 6) is 0. The second-order valence-corrected chi connectivity index (χ2v) is 10.2. The second-order valence-electron chi connectivity index (χ2n) is 10.2. The fraction of sp³-hybridized carbons (Fsp3) is 0.0270. The maximum absolute atomic E-state index is 2.49. The van der Waals surface area contributed by atoms with E-state index >= 15 is 0 Å². The minimum Gasteiger partial charge on any atom is -0.328 e.